The second-order valence-electron chi connectivity index (χ2n) is 5.20. The maximum atomic E-state index is 12.1. The lowest BCUT2D eigenvalue weighted by Gasteiger charge is -2.33. The van der Waals surface area contributed by atoms with E-state index in [-0.39, 0.29) is 5.75 Å². The average Bonchev–Trinajstić information content (AvgIpc) is 2.06. The second kappa shape index (κ2) is 3.23. The summed E-state index contributed by atoms with van der Waals surface area (Å²) in [5, 5.41) is 3.28. The van der Waals surface area contributed by atoms with Crippen molar-refractivity contribution < 1.29 is 8.42 Å². The van der Waals surface area contributed by atoms with Crippen LogP contribution in [0, 0.1) is 13.8 Å². The third kappa shape index (κ3) is 1.82. The number of aryl methyl sites for hydroxylation is 2. The van der Waals surface area contributed by atoms with Gasteiger partial charge in [0.25, 0.3) is 0 Å². The van der Waals surface area contributed by atoms with Gasteiger partial charge in [-0.1, -0.05) is 0 Å². The molecule has 0 saturated heterocycles. The van der Waals surface area contributed by atoms with Crippen molar-refractivity contribution in [3.8, 4) is 0 Å². The molecule has 1 N–H and O–H groups in total. The molecule has 16 heavy (non-hydrogen) atoms. The molecule has 1 aliphatic rings. The van der Waals surface area contributed by atoms with Gasteiger partial charge in [0.05, 0.1) is 16.3 Å². The van der Waals surface area contributed by atoms with Gasteiger partial charge in [-0.05, 0) is 51.0 Å². The van der Waals surface area contributed by atoms with Gasteiger partial charge in [-0.15, -0.1) is 0 Å². The zero-order valence-electron chi connectivity index (χ0n) is 10.1. The van der Waals surface area contributed by atoms with E-state index in [0.717, 1.165) is 16.8 Å². The highest BCUT2D eigenvalue weighted by atomic mass is 32.2. The van der Waals surface area contributed by atoms with Crippen LogP contribution in [0.1, 0.15) is 25.0 Å². The highest BCUT2D eigenvalue weighted by Gasteiger charge is 2.35. The Balaban J connectivity index is 2.70. The van der Waals surface area contributed by atoms with Crippen LogP contribution in [0.15, 0.2) is 17.0 Å². The molecule has 0 atom stereocenters. The summed E-state index contributed by atoms with van der Waals surface area (Å²) in [4.78, 5) is 0.440. The smallest absolute Gasteiger partial charge is 0.182 e. The summed E-state index contributed by atoms with van der Waals surface area (Å²) in [7, 11) is -3.15. The number of anilines is 1. The van der Waals surface area contributed by atoms with E-state index in [9.17, 15) is 8.42 Å². The van der Waals surface area contributed by atoms with Crippen molar-refractivity contribution in [3.63, 3.8) is 0 Å². The molecular formula is C12H17NO2S. The van der Waals surface area contributed by atoms with Crippen LogP contribution < -0.4 is 5.32 Å². The first-order valence-corrected chi connectivity index (χ1v) is 6.99. The van der Waals surface area contributed by atoms with Crippen molar-refractivity contribution in [1.82, 2.24) is 0 Å². The summed E-state index contributed by atoms with van der Waals surface area (Å²) in [5.41, 5.74) is 2.47. The van der Waals surface area contributed by atoms with E-state index in [4.69, 9.17) is 0 Å². The van der Waals surface area contributed by atoms with Crippen LogP contribution in [-0.4, -0.2) is 19.7 Å². The standard InChI is InChI=1S/C12H17NO2S/c1-8-5-10-11(6-9(8)2)16(14,15)7-12(3,4)13-10/h5-6,13H,7H2,1-4H3. The maximum Gasteiger partial charge on any atom is 0.182 e. The first-order valence-electron chi connectivity index (χ1n) is 5.33. The third-order valence-corrected chi connectivity index (χ3v) is 5.06. The van der Waals surface area contributed by atoms with Crippen molar-refractivity contribution in [2.45, 2.75) is 38.1 Å². The predicted octanol–water partition coefficient (Wildman–Crippen LogP) is 2.28. The van der Waals surface area contributed by atoms with E-state index in [0.29, 0.717) is 4.90 Å². The molecule has 0 saturated carbocycles. The topological polar surface area (TPSA) is 46.2 Å². The molecule has 88 valence electrons. The molecule has 4 heteroatoms. The van der Waals surface area contributed by atoms with Gasteiger partial charge < -0.3 is 5.32 Å². The second-order valence-corrected chi connectivity index (χ2v) is 7.16. The molecule has 0 unspecified atom stereocenters. The molecule has 1 heterocycles. The summed E-state index contributed by atoms with van der Waals surface area (Å²) in [5.74, 6) is 0.148. The van der Waals surface area contributed by atoms with Crippen LogP contribution >= 0.6 is 0 Å². The molecule has 2 rings (SSSR count). The Bertz CT molecular complexity index is 544. The molecule has 1 aromatic carbocycles. The summed E-state index contributed by atoms with van der Waals surface area (Å²) >= 11 is 0. The minimum Gasteiger partial charge on any atom is -0.378 e. The molecule has 0 amide bonds. The Labute approximate surface area is 96.8 Å². The van der Waals surface area contributed by atoms with Gasteiger partial charge in [0.2, 0.25) is 0 Å². The van der Waals surface area contributed by atoms with Crippen molar-refractivity contribution >= 4 is 15.5 Å². The fourth-order valence-corrected chi connectivity index (χ4v) is 4.08. The number of sulfone groups is 1. The molecule has 3 nitrogen and oxygen atoms in total. The average molecular weight is 239 g/mol. The Kier molecular flexibility index (Phi) is 2.31. The van der Waals surface area contributed by atoms with E-state index in [1.165, 1.54) is 0 Å². The number of benzene rings is 1. The Morgan fingerprint density at radius 1 is 1.19 bits per heavy atom. The van der Waals surface area contributed by atoms with Crippen LogP contribution in [-0.2, 0) is 9.84 Å². The normalized spacial score (nSPS) is 21.0. The molecule has 0 aliphatic carbocycles. The van der Waals surface area contributed by atoms with Crippen LogP contribution in [0.2, 0.25) is 0 Å². The molecule has 0 fully saturated rings. The third-order valence-electron chi connectivity index (χ3n) is 2.95. The van der Waals surface area contributed by atoms with E-state index in [1.807, 2.05) is 33.8 Å². The van der Waals surface area contributed by atoms with Crippen molar-refractivity contribution in [1.29, 1.82) is 0 Å². The minimum absolute atomic E-state index is 0.148. The monoisotopic (exact) mass is 239 g/mol. The van der Waals surface area contributed by atoms with Crippen LogP contribution in [0.3, 0.4) is 0 Å². The molecule has 0 bridgehead atoms. The first-order chi connectivity index (χ1) is 7.21. The van der Waals surface area contributed by atoms with Crippen LogP contribution in [0.4, 0.5) is 5.69 Å². The van der Waals surface area contributed by atoms with Gasteiger partial charge >= 0.3 is 0 Å². The molecule has 0 spiro atoms. The largest absolute Gasteiger partial charge is 0.378 e. The lowest BCUT2D eigenvalue weighted by molar-refractivity contribution is 0.556. The lowest BCUT2D eigenvalue weighted by Crippen LogP contribution is -2.42. The summed E-state index contributed by atoms with van der Waals surface area (Å²) < 4.78 is 24.2. The molecular weight excluding hydrogens is 222 g/mol. The molecule has 0 aromatic heterocycles. The summed E-state index contributed by atoms with van der Waals surface area (Å²) in [6, 6.07) is 3.69. The van der Waals surface area contributed by atoms with E-state index < -0.39 is 15.4 Å². The van der Waals surface area contributed by atoms with Crippen molar-refractivity contribution in [3.05, 3.63) is 23.3 Å². The summed E-state index contributed by atoms with van der Waals surface area (Å²) in [6.45, 7) is 7.74. The van der Waals surface area contributed by atoms with E-state index in [2.05, 4.69) is 5.32 Å². The number of fused-ring (bicyclic) bond motifs is 1. The quantitative estimate of drug-likeness (QED) is 0.755. The fourth-order valence-electron chi connectivity index (χ4n) is 2.10. The Morgan fingerprint density at radius 3 is 2.38 bits per heavy atom. The zero-order chi connectivity index (χ0) is 12.1. The lowest BCUT2D eigenvalue weighted by atomic mass is 10.1. The minimum atomic E-state index is -3.15. The fraction of sp³-hybridized carbons (Fsp3) is 0.500. The van der Waals surface area contributed by atoms with Gasteiger partial charge in [0, 0.05) is 5.54 Å². The van der Waals surface area contributed by atoms with Gasteiger partial charge in [0.1, 0.15) is 0 Å². The Morgan fingerprint density at radius 2 is 1.75 bits per heavy atom. The molecule has 0 radical (unpaired) electrons. The predicted molar refractivity (Wildman–Crippen MR) is 65.7 cm³/mol. The highest BCUT2D eigenvalue weighted by molar-refractivity contribution is 7.91. The number of hydrogen-bond donors (Lipinski definition) is 1. The number of hydrogen-bond acceptors (Lipinski definition) is 3. The highest BCUT2D eigenvalue weighted by Crippen LogP contribution is 2.34. The van der Waals surface area contributed by atoms with Crippen molar-refractivity contribution in [2.75, 3.05) is 11.1 Å². The van der Waals surface area contributed by atoms with Gasteiger partial charge in [-0.2, -0.15) is 0 Å². The van der Waals surface area contributed by atoms with Crippen LogP contribution in [0.25, 0.3) is 0 Å². The Hall–Kier alpha value is -1.03. The first kappa shape index (κ1) is 11.5. The van der Waals surface area contributed by atoms with E-state index >= 15 is 0 Å². The SMILES string of the molecule is Cc1cc2c(cc1C)S(=O)(=O)CC(C)(C)N2. The molecule has 1 aliphatic heterocycles. The van der Waals surface area contributed by atoms with Gasteiger partial charge in [-0.3, -0.25) is 0 Å². The zero-order valence-corrected chi connectivity index (χ0v) is 10.9. The van der Waals surface area contributed by atoms with Gasteiger partial charge in [0.15, 0.2) is 9.84 Å². The number of rotatable bonds is 0. The summed E-state index contributed by atoms with van der Waals surface area (Å²) in [6.07, 6.45) is 0. The van der Waals surface area contributed by atoms with Crippen LogP contribution in [0.5, 0.6) is 0 Å². The van der Waals surface area contributed by atoms with Crippen molar-refractivity contribution in [2.24, 2.45) is 0 Å². The van der Waals surface area contributed by atoms with E-state index in [1.54, 1.807) is 6.07 Å². The van der Waals surface area contributed by atoms with Gasteiger partial charge in [-0.25, -0.2) is 8.42 Å². The maximum absolute atomic E-state index is 12.1. The number of nitrogens with one attached hydrogen (secondary N) is 1. The molecule has 1 aromatic rings.